The third kappa shape index (κ3) is 4.93. The molecule has 0 radical (unpaired) electrons. The fraction of sp³-hybridized carbons (Fsp3) is 0.621. The van der Waals surface area contributed by atoms with Crippen LogP contribution in [0.15, 0.2) is 41.5 Å². The molecule has 3 N–H and O–H groups in total. The first-order chi connectivity index (χ1) is 16.9. The van der Waals surface area contributed by atoms with Crippen molar-refractivity contribution in [1.82, 2.24) is 0 Å². The van der Waals surface area contributed by atoms with E-state index < -0.39 is 23.6 Å². The van der Waals surface area contributed by atoms with Crippen LogP contribution < -0.4 is 0 Å². The van der Waals surface area contributed by atoms with E-state index in [1.165, 1.54) is 6.92 Å². The molecule has 198 valence electrons. The second-order valence-electron chi connectivity index (χ2n) is 11.2. The number of aldehydes is 1. The lowest BCUT2D eigenvalue weighted by molar-refractivity contribution is -0.230. The summed E-state index contributed by atoms with van der Waals surface area (Å²) in [6.07, 6.45) is 2.56. The highest BCUT2D eigenvalue weighted by molar-refractivity contribution is 5.92. The first-order valence-electron chi connectivity index (χ1n) is 12.8. The molecule has 3 fully saturated rings. The number of hydrogen-bond acceptors (Lipinski definition) is 6. The van der Waals surface area contributed by atoms with Crippen LogP contribution in [0.2, 0.25) is 0 Å². The van der Waals surface area contributed by atoms with Crippen molar-refractivity contribution in [2.24, 2.45) is 28.6 Å². The van der Waals surface area contributed by atoms with E-state index in [0.717, 1.165) is 36.7 Å². The van der Waals surface area contributed by atoms with E-state index in [1.807, 2.05) is 6.92 Å². The van der Waals surface area contributed by atoms with E-state index >= 15 is 0 Å². The normalized spacial score (nSPS) is 36.1. The van der Waals surface area contributed by atoms with Gasteiger partial charge in [-0.3, -0.25) is 4.79 Å². The molecule has 0 aromatic heterocycles. The van der Waals surface area contributed by atoms with Gasteiger partial charge in [-0.1, -0.05) is 37.6 Å². The maximum Gasteiger partial charge on any atom is 0.335 e. The lowest BCUT2D eigenvalue weighted by Gasteiger charge is -2.59. The number of benzene rings is 1. The second kappa shape index (κ2) is 11.0. The number of carbonyl (C=O) groups is 3. The zero-order valence-corrected chi connectivity index (χ0v) is 21.9. The lowest BCUT2D eigenvalue weighted by atomic mass is 9.48. The minimum atomic E-state index is -1.08. The monoisotopic (exact) mass is 500 g/mol. The molecule has 4 aliphatic rings. The van der Waals surface area contributed by atoms with Crippen molar-refractivity contribution in [3.63, 3.8) is 0 Å². The molecule has 1 aromatic rings. The largest absolute Gasteiger partial charge is 0.478 e. The summed E-state index contributed by atoms with van der Waals surface area (Å²) in [5.74, 6) is -0.163. The number of ketones is 1. The molecule has 2 bridgehead atoms. The molecule has 5 rings (SSSR count). The Kier molecular flexibility index (Phi) is 8.59. The third-order valence-electron chi connectivity index (χ3n) is 9.07. The van der Waals surface area contributed by atoms with Gasteiger partial charge in [0.25, 0.3) is 0 Å². The van der Waals surface area contributed by atoms with Gasteiger partial charge in [0.2, 0.25) is 0 Å². The number of carbonyl (C=O) groups excluding carboxylic acids is 2. The molecule has 3 aliphatic carbocycles. The Labute approximate surface area is 213 Å². The Bertz CT molecular complexity index is 998. The number of carboxylic acids is 1. The Morgan fingerprint density at radius 3 is 2.22 bits per heavy atom. The topological polar surface area (TPSA) is 121 Å². The van der Waals surface area contributed by atoms with E-state index in [4.69, 9.17) is 14.6 Å². The first kappa shape index (κ1) is 28.2. The van der Waals surface area contributed by atoms with Crippen molar-refractivity contribution in [2.75, 3.05) is 6.61 Å². The average molecular weight is 501 g/mol. The summed E-state index contributed by atoms with van der Waals surface area (Å²) in [4.78, 5) is 32.4. The molecule has 3 unspecified atom stereocenters. The van der Waals surface area contributed by atoms with Crippen LogP contribution >= 0.6 is 0 Å². The highest BCUT2D eigenvalue weighted by Crippen LogP contribution is 2.59. The second-order valence-corrected chi connectivity index (χ2v) is 11.2. The number of aliphatic hydroxyl groups is 2. The van der Waals surface area contributed by atoms with Crippen molar-refractivity contribution in [2.45, 2.75) is 78.6 Å². The van der Waals surface area contributed by atoms with Gasteiger partial charge in [-0.2, -0.15) is 0 Å². The molecule has 0 spiro atoms. The van der Waals surface area contributed by atoms with Crippen LogP contribution in [0.1, 0.15) is 70.7 Å². The smallest absolute Gasteiger partial charge is 0.335 e. The lowest BCUT2D eigenvalue weighted by Crippen LogP contribution is -2.65. The van der Waals surface area contributed by atoms with Gasteiger partial charge >= 0.3 is 5.97 Å². The molecule has 36 heavy (non-hydrogen) atoms. The van der Waals surface area contributed by atoms with Crippen LogP contribution in [0.3, 0.4) is 0 Å². The number of Topliss-reactive ketones (excluding diaryl/α,β-unsaturated/α-hetero) is 1. The Hall–Kier alpha value is -2.35. The van der Waals surface area contributed by atoms with Crippen molar-refractivity contribution in [3.05, 3.63) is 47.0 Å². The number of aliphatic hydroxyl groups excluding tert-OH is 2. The number of rotatable bonds is 1. The van der Waals surface area contributed by atoms with Gasteiger partial charge in [0, 0.05) is 12.3 Å². The molecular weight excluding hydrogens is 460 g/mol. The van der Waals surface area contributed by atoms with Crippen LogP contribution in [0.4, 0.5) is 0 Å². The van der Waals surface area contributed by atoms with E-state index in [9.17, 15) is 19.8 Å². The van der Waals surface area contributed by atoms with Crippen molar-refractivity contribution < 1.29 is 34.4 Å². The summed E-state index contributed by atoms with van der Waals surface area (Å²) < 4.78 is 5.66. The fourth-order valence-electron chi connectivity index (χ4n) is 6.85. The fourth-order valence-corrected chi connectivity index (χ4v) is 6.85. The highest BCUT2D eigenvalue weighted by Gasteiger charge is 2.63. The summed E-state index contributed by atoms with van der Waals surface area (Å²) in [6, 6.07) is 8.30. The molecule has 7 nitrogen and oxygen atoms in total. The summed E-state index contributed by atoms with van der Waals surface area (Å²) >= 11 is 0. The van der Waals surface area contributed by atoms with Gasteiger partial charge in [0.1, 0.15) is 12.4 Å². The Morgan fingerprint density at radius 2 is 1.72 bits per heavy atom. The standard InChI is InChI=1S/C20H30O4.C7H6O2.C2H4O/c1-10-5-6-11-7-13-12-9-24-14(12)8-15(21)20(13,4)18(23)17(22)16(10)19(11,2)3;8-7(9)6-4-2-1-3-5-6;1-2-3/h11-15,17,21-22H,5-9H2,1-4H3;1-5H,(H,8,9);2H,1H3/t11-,12-,13?,14?,15-,17+,20?;;/m0../s1. The summed E-state index contributed by atoms with van der Waals surface area (Å²) in [5.41, 5.74) is 1.39. The summed E-state index contributed by atoms with van der Waals surface area (Å²) in [6.45, 7) is 10.5. The van der Waals surface area contributed by atoms with Gasteiger partial charge in [0.05, 0.1) is 29.8 Å². The van der Waals surface area contributed by atoms with E-state index in [1.54, 1.807) is 30.3 Å². The average Bonchev–Trinajstić information content (AvgIpc) is 2.81. The minimum Gasteiger partial charge on any atom is -0.478 e. The summed E-state index contributed by atoms with van der Waals surface area (Å²) in [5, 5.41) is 30.2. The van der Waals surface area contributed by atoms with E-state index in [-0.39, 0.29) is 23.2 Å². The predicted molar refractivity (Wildman–Crippen MR) is 135 cm³/mol. The van der Waals surface area contributed by atoms with Crippen LogP contribution in [-0.4, -0.2) is 58.3 Å². The van der Waals surface area contributed by atoms with Gasteiger partial charge in [0.15, 0.2) is 5.78 Å². The maximum absolute atomic E-state index is 13.4. The zero-order chi connectivity index (χ0) is 26.8. The SMILES string of the molecule is CC1=C2[C@@H](O)C(=O)C3(C)C(C[C@H](CC1)C2(C)C)[C@@H]1COC1C[C@@H]3O.CC=O.O=C(O)c1ccccc1. The zero-order valence-electron chi connectivity index (χ0n) is 21.9. The molecule has 1 saturated heterocycles. The number of hydrogen-bond donors (Lipinski definition) is 3. The molecule has 1 aromatic carbocycles. The number of fused-ring (bicyclic) bond motifs is 5. The number of ether oxygens (including phenoxy) is 1. The molecular formula is C29H40O7. The van der Waals surface area contributed by atoms with Crippen LogP contribution in [0, 0.1) is 28.6 Å². The van der Waals surface area contributed by atoms with Gasteiger partial charge < -0.3 is 24.9 Å². The summed E-state index contributed by atoms with van der Waals surface area (Å²) in [7, 11) is 0. The Morgan fingerprint density at radius 1 is 1.11 bits per heavy atom. The molecule has 1 aliphatic heterocycles. The molecule has 2 saturated carbocycles. The van der Waals surface area contributed by atoms with Gasteiger partial charge in [-0.05, 0) is 75.0 Å². The van der Waals surface area contributed by atoms with Crippen molar-refractivity contribution >= 4 is 18.0 Å². The van der Waals surface area contributed by atoms with Gasteiger partial charge in [-0.25, -0.2) is 4.79 Å². The third-order valence-corrected chi connectivity index (χ3v) is 9.07. The molecule has 7 heteroatoms. The number of aromatic carboxylic acids is 1. The first-order valence-corrected chi connectivity index (χ1v) is 12.8. The predicted octanol–water partition coefficient (Wildman–Crippen LogP) is 4.06. The molecule has 0 amide bonds. The van der Waals surface area contributed by atoms with Crippen LogP contribution in [0.25, 0.3) is 0 Å². The number of carboxylic acid groups (broad SMARTS) is 1. The van der Waals surface area contributed by atoms with Crippen LogP contribution in [0.5, 0.6) is 0 Å². The number of allylic oxidation sites excluding steroid dienone is 1. The highest BCUT2D eigenvalue weighted by atomic mass is 16.5. The van der Waals surface area contributed by atoms with Gasteiger partial charge in [-0.15, -0.1) is 0 Å². The molecule has 1 heterocycles. The Balaban J connectivity index is 0.000000251. The van der Waals surface area contributed by atoms with E-state index in [0.29, 0.717) is 30.4 Å². The van der Waals surface area contributed by atoms with Crippen molar-refractivity contribution in [3.8, 4) is 0 Å². The van der Waals surface area contributed by atoms with Crippen LogP contribution in [-0.2, 0) is 14.3 Å². The minimum absolute atomic E-state index is 0.0888. The van der Waals surface area contributed by atoms with E-state index in [2.05, 4.69) is 20.8 Å². The maximum atomic E-state index is 13.4. The quantitative estimate of drug-likeness (QED) is 0.393. The van der Waals surface area contributed by atoms with Crippen molar-refractivity contribution in [1.29, 1.82) is 0 Å². The molecule has 7 atom stereocenters.